The zero-order chi connectivity index (χ0) is 36.3. The highest BCUT2D eigenvalue weighted by Crippen LogP contribution is 2.81. The summed E-state index contributed by atoms with van der Waals surface area (Å²) in [5, 5.41) is 5.19. The van der Waals surface area contributed by atoms with Crippen LogP contribution in [0.3, 0.4) is 0 Å². The van der Waals surface area contributed by atoms with Gasteiger partial charge in [-0.1, -0.05) is 158 Å². The predicted octanol–water partition coefficient (Wildman–Crippen LogP) is 15.0. The number of hydrogen-bond donors (Lipinski definition) is 0. The molecule has 0 aromatic heterocycles. The molecule has 0 atom stereocenters. The van der Waals surface area contributed by atoms with Gasteiger partial charge in [-0.15, -0.1) is 10.0 Å². The third-order valence-corrected chi connectivity index (χ3v) is 15.5. The minimum absolute atomic E-state index is 0.882. The van der Waals surface area contributed by atoms with E-state index in [9.17, 15) is 0 Å². The van der Waals surface area contributed by atoms with Gasteiger partial charge in [0.25, 0.3) is 0 Å². The zero-order valence-electron chi connectivity index (χ0n) is 30.3. The Morgan fingerprint density at radius 1 is 0.455 bits per heavy atom. The fourth-order valence-corrected chi connectivity index (χ4v) is 13.5. The van der Waals surface area contributed by atoms with Crippen LogP contribution in [0, 0.1) is 0 Å². The van der Waals surface area contributed by atoms with E-state index in [-0.39, 0.29) is 0 Å². The topological polar surface area (TPSA) is 3.24 Å². The molecule has 0 unspecified atom stereocenters. The molecule has 0 spiro atoms. The maximum Gasteiger partial charge on any atom is 0.0601 e. The quantitative estimate of drug-likeness (QED) is 0.171. The molecule has 0 saturated heterocycles. The smallest absolute Gasteiger partial charge is 0.0601 e. The van der Waals surface area contributed by atoms with Gasteiger partial charge >= 0.3 is 0 Å². The van der Waals surface area contributed by atoms with Gasteiger partial charge in [0.05, 0.1) is 11.4 Å². The molecule has 9 aromatic rings. The van der Waals surface area contributed by atoms with Crippen molar-refractivity contribution in [2.75, 3.05) is 4.90 Å². The van der Waals surface area contributed by atoms with Gasteiger partial charge in [-0.25, -0.2) is 0 Å². The third kappa shape index (κ3) is 4.88. The average molecular weight is 720 g/mol. The van der Waals surface area contributed by atoms with Gasteiger partial charge in [0.2, 0.25) is 0 Å². The fourth-order valence-electron chi connectivity index (χ4n) is 9.10. The van der Waals surface area contributed by atoms with Gasteiger partial charge in [0, 0.05) is 25.3 Å². The van der Waals surface area contributed by atoms with E-state index in [1.807, 2.05) is 0 Å². The summed E-state index contributed by atoms with van der Waals surface area (Å²) in [6.45, 7) is 0. The number of nitrogens with zero attached hydrogens (tertiary/aromatic N) is 1. The molecule has 1 heterocycles. The first kappa shape index (κ1) is 31.9. The van der Waals surface area contributed by atoms with E-state index >= 15 is 0 Å². The largest absolute Gasteiger partial charge is 0.308 e. The Balaban J connectivity index is 1.26. The molecule has 55 heavy (non-hydrogen) atoms. The van der Waals surface area contributed by atoms with Gasteiger partial charge in [0.15, 0.2) is 0 Å². The van der Waals surface area contributed by atoms with Crippen LogP contribution in [0.4, 0.5) is 17.1 Å². The Kier molecular flexibility index (Phi) is 7.40. The minimum atomic E-state index is -2.01. The number of fused-ring (bicyclic) bond motifs is 4. The van der Waals surface area contributed by atoms with Crippen LogP contribution in [-0.2, 0) is 6.42 Å². The van der Waals surface area contributed by atoms with E-state index in [0.717, 1.165) is 12.1 Å². The van der Waals surface area contributed by atoms with E-state index in [4.69, 9.17) is 0 Å². The number of hydrogen-bond acceptors (Lipinski definition) is 1. The van der Waals surface area contributed by atoms with Crippen LogP contribution in [0.15, 0.2) is 226 Å². The summed E-state index contributed by atoms with van der Waals surface area (Å²) in [5.41, 5.74) is 11.3. The summed E-state index contributed by atoms with van der Waals surface area (Å²) in [6, 6.07) is 74.7. The van der Waals surface area contributed by atoms with Crippen LogP contribution >= 0.6 is 10.0 Å². The van der Waals surface area contributed by atoms with Crippen molar-refractivity contribution in [1.82, 2.24) is 0 Å². The first-order valence-corrected chi connectivity index (χ1v) is 20.7. The predicted molar refractivity (Wildman–Crippen MR) is 233 cm³/mol. The molecule has 1 aliphatic heterocycles. The lowest BCUT2D eigenvalue weighted by molar-refractivity contribution is 1.08. The van der Waals surface area contributed by atoms with E-state index in [0.29, 0.717) is 0 Å². The Morgan fingerprint density at radius 2 is 1.09 bits per heavy atom. The standard InChI is InChI=1S/C53H37NS/c1-4-15-37(16-5-1)41-31-34-49-51(36-41)55(44-22-6-2-7-23-44,45-24-8-3-9-25-45)53-48-28-14-20-40-19-12-21-42(52(40)48)35-50(53)54(49)43-32-29-39(30-33-43)47-27-13-18-38-17-10-11-26-46(38)47/h1-27,29-36H,28H2. The van der Waals surface area contributed by atoms with E-state index in [1.54, 1.807) is 0 Å². The van der Waals surface area contributed by atoms with E-state index < -0.39 is 10.0 Å². The SMILES string of the molecule is C1=Cc2cccc3cc4c(c(c23)C1)S(c1ccccc1)(c1ccccc1)c1cc(-c2ccccc2)ccc1N4c1ccc(-c2cccc3ccccc23)cc1. The molecular weight excluding hydrogens is 683 g/mol. The summed E-state index contributed by atoms with van der Waals surface area (Å²) in [7, 11) is -2.01. The van der Waals surface area contributed by atoms with Crippen molar-refractivity contribution in [3.8, 4) is 22.3 Å². The van der Waals surface area contributed by atoms with Crippen LogP contribution in [-0.4, -0.2) is 0 Å². The van der Waals surface area contributed by atoms with Crippen LogP contribution < -0.4 is 4.90 Å². The van der Waals surface area contributed by atoms with Gasteiger partial charge in [0.1, 0.15) is 0 Å². The molecule has 1 aliphatic carbocycles. The van der Waals surface area contributed by atoms with Crippen molar-refractivity contribution in [2.24, 2.45) is 0 Å². The van der Waals surface area contributed by atoms with Crippen LogP contribution in [0.25, 0.3) is 49.9 Å². The van der Waals surface area contributed by atoms with Crippen LogP contribution in [0.1, 0.15) is 11.1 Å². The molecule has 0 radical (unpaired) electrons. The maximum atomic E-state index is 2.56. The van der Waals surface area contributed by atoms with Gasteiger partial charge < -0.3 is 4.90 Å². The van der Waals surface area contributed by atoms with Crippen molar-refractivity contribution >= 4 is 54.7 Å². The summed E-state index contributed by atoms with van der Waals surface area (Å²) < 4.78 is 0. The lowest BCUT2D eigenvalue weighted by atomic mass is 9.91. The Morgan fingerprint density at radius 3 is 1.85 bits per heavy atom. The van der Waals surface area contributed by atoms with E-state index in [2.05, 4.69) is 217 Å². The van der Waals surface area contributed by atoms with Crippen molar-refractivity contribution in [3.05, 3.63) is 217 Å². The Labute approximate surface area is 323 Å². The molecule has 11 rings (SSSR count). The van der Waals surface area contributed by atoms with Crippen molar-refractivity contribution in [1.29, 1.82) is 0 Å². The molecule has 1 nitrogen and oxygen atoms in total. The normalized spacial score (nSPS) is 14.4. The number of rotatable bonds is 5. The van der Waals surface area contributed by atoms with Gasteiger partial charge in [-0.05, 0) is 116 Å². The summed E-state index contributed by atoms with van der Waals surface area (Å²) in [4.78, 5) is 8.05. The Hall–Kier alpha value is -6.61. The molecule has 2 aliphatic rings. The zero-order valence-corrected chi connectivity index (χ0v) is 31.1. The molecule has 0 saturated carbocycles. The summed E-state index contributed by atoms with van der Waals surface area (Å²) >= 11 is 0. The lowest BCUT2D eigenvalue weighted by Crippen LogP contribution is -2.23. The highest BCUT2D eigenvalue weighted by Gasteiger charge is 2.45. The lowest BCUT2D eigenvalue weighted by Gasteiger charge is -2.51. The molecule has 0 N–H and O–H groups in total. The second kappa shape index (κ2) is 12.8. The maximum absolute atomic E-state index is 2.56. The third-order valence-electron chi connectivity index (χ3n) is 11.5. The molecule has 0 bridgehead atoms. The van der Waals surface area contributed by atoms with Crippen molar-refractivity contribution in [3.63, 3.8) is 0 Å². The molecule has 9 aromatic carbocycles. The van der Waals surface area contributed by atoms with Crippen molar-refractivity contribution in [2.45, 2.75) is 26.0 Å². The molecule has 260 valence electrons. The average Bonchev–Trinajstić information content (AvgIpc) is 3.26. The summed E-state index contributed by atoms with van der Waals surface area (Å²) in [6.07, 6.45) is 5.57. The van der Waals surface area contributed by atoms with Crippen LogP contribution in [0.2, 0.25) is 0 Å². The van der Waals surface area contributed by atoms with Crippen LogP contribution in [0.5, 0.6) is 0 Å². The monoisotopic (exact) mass is 719 g/mol. The molecule has 2 heteroatoms. The van der Waals surface area contributed by atoms with Gasteiger partial charge in [-0.2, -0.15) is 0 Å². The second-order valence-electron chi connectivity index (χ2n) is 14.5. The number of benzene rings is 9. The molecule has 0 amide bonds. The first-order chi connectivity index (χ1) is 27.3. The minimum Gasteiger partial charge on any atom is -0.308 e. The number of allylic oxidation sites excluding steroid dienone is 1. The van der Waals surface area contributed by atoms with Gasteiger partial charge in [-0.3, -0.25) is 0 Å². The highest BCUT2D eigenvalue weighted by atomic mass is 32.3. The second-order valence-corrected chi connectivity index (χ2v) is 17.5. The summed E-state index contributed by atoms with van der Waals surface area (Å²) in [5.74, 6) is 0. The van der Waals surface area contributed by atoms with E-state index in [1.165, 1.54) is 85.9 Å². The Bertz CT molecular complexity index is 2890. The molecule has 0 fully saturated rings. The highest BCUT2D eigenvalue weighted by molar-refractivity contribution is 8.34. The number of anilines is 3. The first-order valence-electron chi connectivity index (χ1n) is 19.1. The van der Waals surface area contributed by atoms with Crippen molar-refractivity contribution < 1.29 is 0 Å². The fraction of sp³-hybridized carbons (Fsp3) is 0.0189. The molecular formula is C53H37NS.